The zero-order valence-electron chi connectivity index (χ0n) is 16.9. The normalized spacial score (nSPS) is 11.6. The number of nitrogens with one attached hydrogen (secondary N) is 1. The average molecular weight is 443 g/mol. The van der Waals surface area contributed by atoms with Crippen LogP contribution in [0.15, 0.2) is 53.1 Å². The summed E-state index contributed by atoms with van der Waals surface area (Å²) in [6.07, 6.45) is -0.0737. The number of rotatable bonds is 8. The number of aromatic nitrogens is 1. The Bertz CT molecular complexity index is 1120. The Labute approximate surface area is 181 Å². The number of nitrogens with two attached hydrogens (primary N) is 1. The summed E-state index contributed by atoms with van der Waals surface area (Å²) >= 11 is 0. The van der Waals surface area contributed by atoms with Gasteiger partial charge in [0.25, 0.3) is 5.91 Å². The van der Waals surface area contributed by atoms with Gasteiger partial charge in [0.05, 0.1) is 18.2 Å². The number of hydrogen-bond donors (Lipinski definition) is 2. The fraction of sp³-hybridized carbons (Fsp3) is 0.182. The Hall–Kier alpha value is -4.08. The molecule has 0 aliphatic heterocycles. The van der Waals surface area contributed by atoms with E-state index in [1.54, 1.807) is 0 Å². The van der Waals surface area contributed by atoms with Gasteiger partial charge in [-0.25, -0.2) is 13.8 Å². The number of halogens is 2. The molecule has 1 heterocycles. The van der Waals surface area contributed by atoms with Crippen molar-refractivity contribution in [2.45, 2.75) is 25.9 Å². The van der Waals surface area contributed by atoms with E-state index >= 15 is 0 Å². The Morgan fingerprint density at radius 1 is 1.12 bits per heavy atom. The number of nitrogens with zero attached hydrogens (tertiary/aromatic N) is 1. The van der Waals surface area contributed by atoms with E-state index in [2.05, 4.69) is 10.3 Å². The number of carbonyl (C=O) groups is 3. The van der Waals surface area contributed by atoms with Gasteiger partial charge in [0.2, 0.25) is 5.91 Å². The lowest BCUT2D eigenvalue weighted by atomic mass is 10.1. The maximum absolute atomic E-state index is 13.8. The molecule has 1 unspecified atom stereocenters. The highest BCUT2D eigenvalue weighted by Gasteiger charge is 2.20. The zero-order chi connectivity index (χ0) is 23.3. The van der Waals surface area contributed by atoms with E-state index < -0.39 is 35.5 Å². The van der Waals surface area contributed by atoms with Crippen molar-refractivity contribution in [1.29, 1.82) is 0 Å². The van der Waals surface area contributed by atoms with Gasteiger partial charge in [-0.2, -0.15) is 0 Å². The van der Waals surface area contributed by atoms with Crippen molar-refractivity contribution in [2.24, 2.45) is 5.73 Å². The molecule has 1 atom stereocenters. The van der Waals surface area contributed by atoms with Crippen LogP contribution in [0, 0.1) is 11.6 Å². The summed E-state index contributed by atoms with van der Waals surface area (Å²) in [5, 5.41) is 2.55. The van der Waals surface area contributed by atoms with Gasteiger partial charge in [-0.1, -0.05) is 6.07 Å². The molecule has 0 saturated heterocycles. The van der Waals surface area contributed by atoms with Gasteiger partial charge in [-0.15, -0.1) is 0 Å². The highest BCUT2D eigenvalue weighted by molar-refractivity contribution is 5.96. The number of carbonyl (C=O) groups excluding carboxylic acids is 3. The van der Waals surface area contributed by atoms with Gasteiger partial charge in [0, 0.05) is 17.7 Å². The first-order valence-corrected chi connectivity index (χ1v) is 9.54. The van der Waals surface area contributed by atoms with Crippen molar-refractivity contribution >= 4 is 23.5 Å². The minimum absolute atomic E-state index is 0.0117. The van der Waals surface area contributed by atoms with Crippen LogP contribution in [0.1, 0.15) is 29.6 Å². The maximum atomic E-state index is 13.8. The van der Waals surface area contributed by atoms with E-state index in [1.807, 2.05) is 0 Å². The second kappa shape index (κ2) is 9.82. The van der Waals surface area contributed by atoms with E-state index in [1.165, 1.54) is 43.5 Å². The second-order valence-electron chi connectivity index (χ2n) is 6.78. The minimum atomic E-state index is -1.09. The van der Waals surface area contributed by atoms with E-state index in [0.717, 1.165) is 12.1 Å². The summed E-state index contributed by atoms with van der Waals surface area (Å²) in [7, 11) is 0. The average Bonchev–Trinajstić information content (AvgIpc) is 3.21. The van der Waals surface area contributed by atoms with Crippen LogP contribution in [0.2, 0.25) is 0 Å². The molecule has 0 bridgehead atoms. The first-order valence-electron chi connectivity index (χ1n) is 9.54. The van der Waals surface area contributed by atoms with Crippen LogP contribution in [0.25, 0.3) is 11.3 Å². The summed E-state index contributed by atoms with van der Waals surface area (Å²) in [5.41, 5.74) is 5.50. The molecular formula is C22H19F2N3O5. The first kappa shape index (κ1) is 22.6. The smallest absolute Gasteiger partial charge is 0.307 e. The topological polar surface area (TPSA) is 125 Å². The lowest BCUT2D eigenvalue weighted by Gasteiger charge is -2.13. The molecule has 2 aromatic carbocycles. The molecule has 0 spiro atoms. The summed E-state index contributed by atoms with van der Waals surface area (Å²) < 4.78 is 38.1. The van der Waals surface area contributed by atoms with E-state index in [-0.39, 0.29) is 35.6 Å². The monoisotopic (exact) mass is 443 g/mol. The van der Waals surface area contributed by atoms with Gasteiger partial charge >= 0.3 is 5.97 Å². The molecule has 3 N–H and O–H groups in total. The number of benzene rings is 2. The molecule has 1 aromatic heterocycles. The van der Waals surface area contributed by atoms with Gasteiger partial charge < -0.3 is 20.2 Å². The largest absolute Gasteiger partial charge is 0.453 e. The SMILES string of the molecule is CC(OC(=O)CCc1ncc(-c2c(F)cccc2F)o1)C(=O)Nc1ccc(C(N)=O)cc1. The number of hydrogen-bond acceptors (Lipinski definition) is 6. The molecule has 0 radical (unpaired) electrons. The van der Waals surface area contributed by atoms with Crippen molar-refractivity contribution in [3.05, 3.63) is 71.8 Å². The van der Waals surface area contributed by atoms with Crippen LogP contribution in [-0.4, -0.2) is 28.9 Å². The molecule has 3 rings (SSSR count). The molecule has 0 aliphatic carbocycles. The molecule has 8 nitrogen and oxygen atoms in total. The number of amides is 2. The summed E-state index contributed by atoms with van der Waals surface area (Å²) in [5.74, 6) is -3.45. The Kier molecular flexibility index (Phi) is 6.93. The highest BCUT2D eigenvalue weighted by Crippen LogP contribution is 2.26. The highest BCUT2D eigenvalue weighted by atomic mass is 19.1. The molecule has 0 aliphatic rings. The number of anilines is 1. The third-order valence-electron chi connectivity index (χ3n) is 4.42. The second-order valence-corrected chi connectivity index (χ2v) is 6.78. The van der Waals surface area contributed by atoms with Gasteiger partial charge in [-0.3, -0.25) is 14.4 Å². The summed E-state index contributed by atoms with van der Waals surface area (Å²) in [6.45, 7) is 1.40. The van der Waals surface area contributed by atoms with Gasteiger partial charge in [-0.05, 0) is 43.3 Å². The van der Waals surface area contributed by atoms with Crippen molar-refractivity contribution in [1.82, 2.24) is 4.98 Å². The van der Waals surface area contributed by atoms with Gasteiger partial charge in [0.1, 0.15) is 11.6 Å². The van der Waals surface area contributed by atoms with Crippen LogP contribution < -0.4 is 11.1 Å². The first-order chi connectivity index (χ1) is 15.2. The van der Waals surface area contributed by atoms with Crippen molar-refractivity contribution < 1.29 is 32.3 Å². The van der Waals surface area contributed by atoms with Gasteiger partial charge in [0.15, 0.2) is 17.8 Å². The predicted octanol–water partition coefficient (Wildman–Crippen LogP) is 3.22. The lowest BCUT2D eigenvalue weighted by molar-refractivity contribution is -0.153. The predicted molar refractivity (Wildman–Crippen MR) is 109 cm³/mol. The third-order valence-corrected chi connectivity index (χ3v) is 4.42. The van der Waals surface area contributed by atoms with Crippen LogP contribution in [0.4, 0.5) is 14.5 Å². The Balaban J connectivity index is 1.51. The number of oxazole rings is 1. The number of esters is 1. The van der Waals surface area contributed by atoms with E-state index in [9.17, 15) is 23.2 Å². The van der Waals surface area contributed by atoms with E-state index in [4.69, 9.17) is 14.9 Å². The number of aryl methyl sites for hydroxylation is 1. The number of ether oxygens (including phenoxy) is 1. The standard InChI is InChI=1S/C22H19F2N3O5/c1-12(22(30)27-14-7-5-13(6-8-14)21(25)29)31-19(28)10-9-18-26-11-17(32-18)20-15(23)3-2-4-16(20)24/h2-8,11-12H,9-10H2,1H3,(H2,25,29)(H,27,30). The fourth-order valence-electron chi connectivity index (χ4n) is 2.75. The Morgan fingerprint density at radius 2 is 1.78 bits per heavy atom. The van der Waals surface area contributed by atoms with E-state index in [0.29, 0.717) is 5.69 Å². The quantitative estimate of drug-likeness (QED) is 0.515. The maximum Gasteiger partial charge on any atom is 0.307 e. The number of primary amides is 1. The van der Waals surface area contributed by atoms with Crippen LogP contribution in [-0.2, 0) is 20.7 Å². The lowest BCUT2D eigenvalue weighted by Crippen LogP contribution is -2.30. The van der Waals surface area contributed by atoms with Crippen molar-refractivity contribution in [2.75, 3.05) is 5.32 Å². The molecule has 10 heteroatoms. The van der Waals surface area contributed by atoms with Crippen LogP contribution in [0.3, 0.4) is 0 Å². The third kappa shape index (κ3) is 5.54. The molecular weight excluding hydrogens is 424 g/mol. The van der Waals surface area contributed by atoms with Crippen LogP contribution in [0.5, 0.6) is 0 Å². The summed E-state index contributed by atoms with van der Waals surface area (Å²) in [4.78, 5) is 39.2. The Morgan fingerprint density at radius 3 is 2.41 bits per heavy atom. The van der Waals surface area contributed by atoms with Crippen LogP contribution >= 0.6 is 0 Å². The molecule has 32 heavy (non-hydrogen) atoms. The molecule has 0 fully saturated rings. The minimum Gasteiger partial charge on any atom is -0.453 e. The summed E-state index contributed by atoms with van der Waals surface area (Å²) in [6, 6.07) is 9.30. The van der Waals surface area contributed by atoms with Crippen molar-refractivity contribution in [3.8, 4) is 11.3 Å². The molecule has 2 amide bonds. The molecule has 166 valence electrons. The molecule has 3 aromatic rings. The zero-order valence-corrected chi connectivity index (χ0v) is 16.9. The molecule has 0 saturated carbocycles. The van der Waals surface area contributed by atoms with Crippen molar-refractivity contribution in [3.63, 3.8) is 0 Å². The fourth-order valence-corrected chi connectivity index (χ4v) is 2.75.